The average molecular weight is 446 g/mol. The molecule has 0 spiro atoms. The molecule has 0 amide bonds. The van der Waals surface area contributed by atoms with Crippen LogP contribution in [0.15, 0.2) is 0 Å². The molecule has 0 aromatic heterocycles. The lowest BCUT2D eigenvalue weighted by atomic mass is 9.77. The third-order valence-corrected chi connectivity index (χ3v) is 7.45. The Hall–Kier alpha value is -0.320. The fourth-order valence-electron chi connectivity index (χ4n) is 5.46. The van der Waals surface area contributed by atoms with Crippen molar-refractivity contribution in [2.45, 2.75) is 115 Å². The molecule has 182 valence electrons. The summed E-state index contributed by atoms with van der Waals surface area (Å²) in [6.45, 7) is 10.0. The number of ether oxygens (including phenoxy) is 4. The van der Waals surface area contributed by atoms with Crippen molar-refractivity contribution in [3.8, 4) is 0 Å². The first kappa shape index (κ1) is 25.3. The van der Waals surface area contributed by atoms with Gasteiger partial charge in [0.1, 0.15) is 17.8 Å². The van der Waals surface area contributed by atoms with E-state index < -0.39 is 42.3 Å². The van der Waals surface area contributed by atoms with Crippen LogP contribution < -0.4 is 5.32 Å². The highest BCUT2D eigenvalue weighted by molar-refractivity contribution is 4.99. The van der Waals surface area contributed by atoms with Crippen LogP contribution in [0.3, 0.4) is 0 Å². The van der Waals surface area contributed by atoms with Crippen molar-refractivity contribution in [2.75, 3.05) is 13.7 Å². The van der Waals surface area contributed by atoms with E-state index >= 15 is 0 Å². The molecule has 4 unspecified atom stereocenters. The number of likely N-dealkylation sites (N-methyl/N-ethyl adjacent to an activating group) is 1. The minimum absolute atomic E-state index is 0.0274. The van der Waals surface area contributed by atoms with Gasteiger partial charge in [-0.2, -0.15) is 0 Å². The van der Waals surface area contributed by atoms with E-state index in [0.717, 1.165) is 25.7 Å². The lowest BCUT2D eigenvalue weighted by molar-refractivity contribution is -0.316. The van der Waals surface area contributed by atoms with Crippen molar-refractivity contribution >= 4 is 0 Å². The molecule has 31 heavy (non-hydrogen) atoms. The fraction of sp³-hybridized carbons (Fsp3) is 1.00. The van der Waals surface area contributed by atoms with E-state index in [2.05, 4.69) is 26.1 Å². The highest BCUT2D eigenvalue weighted by Crippen LogP contribution is 2.38. The summed E-state index contributed by atoms with van der Waals surface area (Å²) in [5.41, 5.74) is -1.21. The van der Waals surface area contributed by atoms with Crippen LogP contribution in [0, 0.1) is 17.8 Å². The fourth-order valence-corrected chi connectivity index (χ4v) is 5.46. The summed E-state index contributed by atoms with van der Waals surface area (Å²) in [5.74, 6) is 0.470. The van der Waals surface area contributed by atoms with Crippen molar-refractivity contribution in [1.29, 1.82) is 0 Å². The van der Waals surface area contributed by atoms with Gasteiger partial charge >= 0.3 is 0 Å². The molecule has 0 bridgehead atoms. The smallest absolute Gasteiger partial charge is 0.185 e. The number of hydrogen-bond donors (Lipinski definition) is 4. The van der Waals surface area contributed by atoms with Gasteiger partial charge in [-0.05, 0) is 51.5 Å². The quantitative estimate of drug-likeness (QED) is 0.486. The molecule has 1 saturated carbocycles. The third kappa shape index (κ3) is 5.44. The lowest BCUT2D eigenvalue weighted by Crippen LogP contribution is -2.66. The molecular formula is C23H43NO7. The van der Waals surface area contributed by atoms with Gasteiger partial charge in [0.2, 0.25) is 0 Å². The Balaban J connectivity index is 1.68. The van der Waals surface area contributed by atoms with Gasteiger partial charge in [0.05, 0.1) is 31.0 Å². The number of aliphatic hydroxyl groups is 3. The second kappa shape index (κ2) is 10.3. The second-order valence-corrected chi connectivity index (χ2v) is 10.3. The molecule has 2 aliphatic heterocycles. The van der Waals surface area contributed by atoms with Crippen LogP contribution in [0.1, 0.15) is 60.3 Å². The topological polar surface area (TPSA) is 110 Å². The molecule has 2 saturated heterocycles. The van der Waals surface area contributed by atoms with Gasteiger partial charge in [0.25, 0.3) is 0 Å². The van der Waals surface area contributed by atoms with E-state index in [1.807, 2.05) is 6.92 Å². The predicted octanol–water partition coefficient (Wildman–Crippen LogP) is 1.40. The summed E-state index contributed by atoms with van der Waals surface area (Å²) >= 11 is 0. The molecule has 0 radical (unpaired) electrons. The highest BCUT2D eigenvalue weighted by Gasteiger charge is 2.50. The predicted molar refractivity (Wildman–Crippen MR) is 115 cm³/mol. The van der Waals surface area contributed by atoms with E-state index in [4.69, 9.17) is 18.9 Å². The number of hydrogen-bond acceptors (Lipinski definition) is 8. The van der Waals surface area contributed by atoms with E-state index in [1.54, 1.807) is 14.0 Å². The maximum atomic E-state index is 11.2. The second-order valence-electron chi connectivity index (χ2n) is 10.3. The lowest BCUT2D eigenvalue weighted by Gasteiger charge is -2.48. The first-order chi connectivity index (χ1) is 14.6. The standard InChI is InChI=1S/C23H43NO7/c1-7-15-9-8-12(2)21(29-15)30-18-13(3)10-14(4)19(16(18)25)31-22-17(26)20(24-6)23(5,27)11-28-22/h12-22,24-27H,7-11H2,1-6H3/t12-,13+,14-,15-,16+,17-,18?,19?,20-,21?,22?,23+/m1/s1. The molecule has 3 aliphatic rings. The monoisotopic (exact) mass is 445 g/mol. The largest absolute Gasteiger partial charge is 0.388 e. The molecular weight excluding hydrogens is 402 g/mol. The van der Waals surface area contributed by atoms with Gasteiger partial charge in [-0.3, -0.25) is 0 Å². The summed E-state index contributed by atoms with van der Waals surface area (Å²) in [6.07, 6.45) is -0.150. The van der Waals surface area contributed by atoms with Crippen LogP contribution in [0.5, 0.6) is 0 Å². The zero-order valence-corrected chi connectivity index (χ0v) is 19.9. The van der Waals surface area contributed by atoms with Crippen molar-refractivity contribution < 1.29 is 34.3 Å². The van der Waals surface area contributed by atoms with Crippen LogP contribution >= 0.6 is 0 Å². The molecule has 1 aliphatic carbocycles. The molecule has 3 rings (SSSR count). The summed E-state index contributed by atoms with van der Waals surface area (Å²) in [5, 5.41) is 35.4. The molecule has 8 heteroatoms. The molecule has 0 aromatic carbocycles. The first-order valence-electron chi connectivity index (χ1n) is 11.9. The van der Waals surface area contributed by atoms with Crippen LogP contribution in [0.4, 0.5) is 0 Å². The van der Waals surface area contributed by atoms with Crippen molar-refractivity contribution in [2.24, 2.45) is 17.8 Å². The van der Waals surface area contributed by atoms with Crippen molar-refractivity contribution in [1.82, 2.24) is 5.32 Å². The Bertz CT molecular complexity index is 576. The number of aliphatic hydroxyl groups excluding tert-OH is 2. The highest BCUT2D eigenvalue weighted by atomic mass is 16.7. The Morgan fingerprint density at radius 1 is 0.968 bits per heavy atom. The summed E-state index contributed by atoms with van der Waals surface area (Å²) in [6, 6.07) is -0.601. The van der Waals surface area contributed by atoms with E-state index in [0.29, 0.717) is 0 Å². The SMILES string of the molecule is CC[C@@H]1CC[C@@H](C)C(OC2[C@H](O)C(OC3OC[C@](C)(O)[C@H](NC)[C@H]3O)[C@H](C)C[C@@H]2C)O1. The van der Waals surface area contributed by atoms with Crippen molar-refractivity contribution in [3.63, 3.8) is 0 Å². The van der Waals surface area contributed by atoms with Gasteiger partial charge in [-0.1, -0.05) is 27.7 Å². The van der Waals surface area contributed by atoms with Crippen LogP contribution in [-0.2, 0) is 18.9 Å². The summed E-state index contributed by atoms with van der Waals surface area (Å²) < 4.78 is 24.3. The van der Waals surface area contributed by atoms with E-state index in [1.165, 1.54) is 0 Å². The zero-order valence-electron chi connectivity index (χ0n) is 19.9. The summed E-state index contributed by atoms with van der Waals surface area (Å²) in [7, 11) is 1.68. The molecule has 12 atom stereocenters. The van der Waals surface area contributed by atoms with Gasteiger partial charge in [0.15, 0.2) is 12.6 Å². The van der Waals surface area contributed by atoms with Crippen LogP contribution in [0.2, 0.25) is 0 Å². The molecule has 2 heterocycles. The Morgan fingerprint density at radius 2 is 1.58 bits per heavy atom. The van der Waals surface area contributed by atoms with Crippen molar-refractivity contribution in [3.05, 3.63) is 0 Å². The van der Waals surface area contributed by atoms with Gasteiger partial charge in [-0.25, -0.2) is 0 Å². The normalized spacial score (nSPS) is 51.6. The molecule has 0 aromatic rings. The maximum Gasteiger partial charge on any atom is 0.185 e. The van der Waals surface area contributed by atoms with Gasteiger partial charge in [-0.15, -0.1) is 0 Å². The van der Waals surface area contributed by atoms with Crippen LogP contribution in [-0.4, -0.2) is 83.7 Å². The first-order valence-corrected chi connectivity index (χ1v) is 11.9. The Labute approximate surface area is 186 Å². The zero-order chi connectivity index (χ0) is 22.9. The molecule has 4 N–H and O–H groups in total. The maximum absolute atomic E-state index is 11.2. The third-order valence-electron chi connectivity index (χ3n) is 7.45. The number of nitrogens with one attached hydrogen (secondary N) is 1. The Kier molecular flexibility index (Phi) is 8.41. The average Bonchev–Trinajstić information content (AvgIpc) is 2.71. The van der Waals surface area contributed by atoms with E-state index in [-0.39, 0.29) is 36.8 Å². The summed E-state index contributed by atoms with van der Waals surface area (Å²) in [4.78, 5) is 0. The molecule has 3 fully saturated rings. The van der Waals surface area contributed by atoms with Gasteiger partial charge in [0, 0.05) is 5.92 Å². The van der Waals surface area contributed by atoms with Crippen LogP contribution in [0.25, 0.3) is 0 Å². The minimum Gasteiger partial charge on any atom is -0.388 e. The Morgan fingerprint density at radius 3 is 2.16 bits per heavy atom. The number of rotatable bonds is 6. The van der Waals surface area contributed by atoms with Gasteiger partial charge < -0.3 is 39.6 Å². The van der Waals surface area contributed by atoms with E-state index in [9.17, 15) is 15.3 Å². The molecule has 8 nitrogen and oxygen atoms in total. The minimum atomic E-state index is -1.21.